The van der Waals surface area contributed by atoms with Crippen molar-refractivity contribution in [2.24, 2.45) is 0 Å². The molecule has 32 heavy (non-hydrogen) atoms. The molecule has 176 valence electrons. The number of rotatable bonds is 6. The van der Waals surface area contributed by atoms with Gasteiger partial charge >= 0.3 is 6.03 Å². The highest BCUT2D eigenvalue weighted by Crippen LogP contribution is 2.24. The number of urea groups is 1. The van der Waals surface area contributed by atoms with E-state index in [4.69, 9.17) is 9.90 Å². The van der Waals surface area contributed by atoms with Gasteiger partial charge in [-0.1, -0.05) is 13.3 Å². The van der Waals surface area contributed by atoms with Gasteiger partial charge in [0.25, 0.3) is 6.47 Å². The molecule has 0 saturated carbocycles. The van der Waals surface area contributed by atoms with Crippen LogP contribution in [0.5, 0.6) is 0 Å². The molecule has 0 aliphatic carbocycles. The summed E-state index contributed by atoms with van der Waals surface area (Å²) in [6.45, 7) is 9.86. The fraction of sp³-hybridized carbons (Fsp3) is 0.667. The second kappa shape index (κ2) is 11.6. The van der Waals surface area contributed by atoms with Crippen LogP contribution in [0.25, 0.3) is 0 Å². The molecule has 2 aliphatic heterocycles. The number of aromatic amines is 1. The van der Waals surface area contributed by atoms with Gasteiger partial charge in [-0.25, -0.2) is 9.78 Å². The van der Waals surface area contributed by atoms with Gasteiger partial charge in [0.05, 0.1) is 24.5 Å². The highest BCUT2D eigenvalue weighted by atomic mass is 16.3. The number of carboxylic acid groups (broad SMARTS) is 1. The Labute approximate surface area is 188 Å². The first kappa shape index (κ1) is 23.7. The summed E-state index contributed by atoms with van der Waals surface area (Å²) in [5, 5.41) is 21.8. The van der Waals surface area contributed by atoms with E-state index in [1.54, 1.807) is 0 Å². The van der Waals surface area contributed by atoms with E-state index in [1.165, 1.54) is 18.5 Å². The van der Waals surface area contributed by atoms with Crippen LogP contribution in [0.1, 0.15) is 61.6 Å². The van der Waals surface area contributed by atoms with Gasteiger partial charge in [-0.15, -0.1) is 0 Å². The lowest BCUT2D eigenvalue weighted by atomic mass is 9.98. The largest absolute Gasteiger partial charge is 0.483 e. The minimum atomic E-state index is -0.250. The molecule has 0 radical (unpaired) electrons. The van der Waals surface area contributed by atoms with E-state index < -0.39 is 0 Å². The van der Waals surface area contributed by atoms with Crippen LogP contribution < -0.4 is 5.32 Å². The molecular formula is C21H34N8O3. The molecule has 11 nitrogen and oxygen atoms in total. The summed E-state index contributed by atoms with van der Waals surface area (Å²) >= 11 is 0. The third kappa shape index (κ3) is 6.28. The zero-order valence-corrected chi connectivity index (χ0v) is 19.0. The SMILES string of the molecule is CCCCN1CCn2nc(CNC(=O)N3CCCC(c4n[nH]c(C)n4)C3)cc2C1.O=CO. The van der Waals surface area contributed by atoms with Crippen LogP contribution in [-0.2, 0) is 24.4 Å². The predicted octanol–water partition coefficient (Wildman–Crippen LogP) is 1.72. The van der Waals surface area contributed by atoms with Crippen molar-refractivity contribution in [1.29, 1.82) is 0 Å². The van der Waals surface area contributed by atoms with E-state index in [0.29, 0.717) is 13.1 Å². The lowest BCUT2D eigenvalue weighted by molar-refractivity contribution is -0.122. The molecule has 0 bridgehead atoms. The first-order chi connectivity index (χ1) is 15.5. The lowest BCUT2D eigenvalue weighted by Crippen LogP contribution is -2.44. The molecule has 0 aromatic carbocycles. The number of aromatic nitrogens is 5. The smallest absolute Gasteiger partial charge is 0.317 e. The number of aryl methyl sites for hydroxylation is 1. The average molecular weight is 447 g/mol. The number of amides is 2. The number of hydrogen-bond donors (Lipinski definition) is 3. The molecule has 2 aromatic heterocycles. The van der Waals surface area contributed by atoms with Gasteiger partial charge in [-0.05, 0) is 38.8 Å². The molecule has 2 aliphatic rings. The second-order valence-electron chi connectivity index (χ2n) is 8.31. The van der Waals surface area contributed by atoms with E-state index in [0.717, 1.165) is 62.9 Å². The van der Waals surface area contributed by atoms with Crippen molar-refractivity contribution in [3.8, 4) is 0 Å². The Morgan fingerprint density at radius 3 is 2.91 bits per heavy atom. The number of unbranched alkanes of at least 4 members (excludes halogenated alkanes) is 1. The first-order valence-corrected chi connectivity index (χ1v) is 11.3. The van der Waals surface area contributed by atoms with Gasteiger partial charge in [0.2, 0.25) is 0 Å². The minimum Gasteiger partial charge on any atom is -0.483 e. The lowest BCUT2D eigenvalue weighted by Gasteiger charge is -2.31. The number of nitrogens with one attached hydrogen (secondary N) is 2. The molecule has 2 amide bonds. The minimum absolute atomic E-state index is 0.0301. The molecule has 1 unspecified atom stereocenters. The summed E-state index contributed by atoms with van der Waals surface area (Å²) in [5.41, 5.74) is 2.18. The molecule has 2 aromatic rings. The number of piperidine rings is 1. The number of nitrogens with zero attached hydrogens (tertiary/aromatic N) is 6. The third-order valence-corrected chi connectivity index (χ3v) is 5.86. The van der Waals surface area contributed by atoms with Crippen molar-refractivity contribution in [3.63, 3.8) is 0 Å². The van der Waals surface area contributed by atoms with Crippen LogP contribution in [0.4, 0.5) is 4.79 Å². The number of H-pyrrole nitrogens is 1. The molecule has 3 N–H and O–H groups in total. The van der Waals surface area contributed by atoms with Crippen molar-refractivity contribution in [3.05, 3.63) is 29.1 Å². The standard InChI is InChI=1S/C20H32N8O.CH2O2/c1-3-4-7-26-9-10-28-18(14-26)11-17(25-28)12-21-20(29)27-8-5-6-16(13-27)19-22-15(2)23-24-19;2-1-3/h11,16H,3-10,12-14H2,1-2H3,(H,21,29)(H,22,23,24);1H,(H,2,3). The molecule has 4 rings (SSSR count). The Hall–Kier alpha value is -2.95. The quantitative estimate of drug-likeness (QED) is 0.576. The van der Waals surface area contributed by atoms with E-state index >= 15 is 0 Å². The summed E-state index contributed by atoms with van der Waals surface area (Å²) in [6.07, 6.45) is 4.45. The number of likely N-dealkylation sites (tertiary alicyclic amines) is 1. The number of hydrogen-bond acceptors (Lipinski definition) is 6. The summed E-state index contributed by atoms with van der Waals surface area (Å²) in [7, 11) is 0. The summed E-state index contributed by atoms with van der Waals surface area (Å²) < 4.78 is 2.09. The molecular weight excluding hydrogens is 412 g/mol. The van der Waals surface area contributed by atoms with Crippen molar-refractivity contribution in [2.45, 2.75) is 65.1 Å². The highest BCUT2D eigenvalue weighted by Gasteiger charge is 2.27. The molecule has 0 spiro atoms. The average Bonchev–Trinajstić information content (AvgIpc) is 3.42. The van der Waals surface area contributed by atoms with Gasteiger partial charge in [0.1, 0.15) is 5.82 Å². The van der Waals surface area contributed by atoms with Gasteiger partial charge in [0, 0.05) is 32.1 Å². The Bertz CT molecular complexity index is 880. The van der Waals surface area contributed by atoms with Gasteiger partial charge in [0.15, 0.2) is 5.82 Å². The molecule has 1 fully saturated rings. The second-order valence-corrected chi connectivity index (χ2v) is 8.31. The van der Waals surface area contributed by atoms with E-state index in [9.17, 15) is 4.79 Å². The van der Waals surface area contributed by atoms with Crippen LogP contribution >= 0.6 is 0 Å². The van der Waals surface area contributed by atoms with E-state index in [2.05, 4.69) is 48.2 Å². The fourth-order valence-corrected chi connectivity index (χ4v) is 4.23. The summed E-state index contributed by atoms with van der Waals surface area (Å²) in [4.78, 5) is 29.9. The zero-order chi connectivity index (χ0) is 22.9. The predicted molar refractivity (Wildman–Crippen MR) is 118 cm³/mol. The highest BCUT2D eigenvalue weighted by molar-refractivity contribution is 5.74. The van der Waals surface area contributed by atoms with Gasteiger partial charge < -0.3 is 15.3 Å². The number of fused-ring (bicyclic) bond motifs is 1. The van der Waals surface area contributed by atoms with Crippen molar-refractivity contribution >= 4 is 12.5 Å². The Kier molecular flexibility index (Phi) is 8.60. The van der Waals surface area contributed by atoms with E-state index in [-0.39, 0.29) is 18.4 Å². The fourth-order valence-electron chi connectivity index (χ4n) is 4.23. The van der Waals surface area contributed by atoms with Crippen LogP contribution in [0.2, 0.25) is 0 Å². The monoisotopic (exact) mass is 446 g/mol. The summed E-state index contributed by atoms with van der Waals surface area (Å²) in [6, 6.07) is 2.10. The molecule has 1 atom stereocenters. The molecule has 11 heteroatoms. The van der Waals surface area contributed by atoms with Crippen LogP contribution in [-0.4, -0.2) is 78.6 Å². The number of carbonyl (C=O) groups is 2. The van der Waals surface area contributed by atoms with Crippen molar-refractivity contribution < 1.29 is 14.7 Å². The van der Waals surface area contributed by atoms with Gasteiger partial charge in [-0.3, -0.25) is 19.5 Å². The topological polar surface area (TPSA) is 132 Å². The Morgan fingerprint density at radius 2 is 2.19 bits per heavy atom. The van der Waals surface area contributed by atoms with Crippen LogP contribution in [0.15, 0.2) is 6.07 Å². The van der Waals surface area contributed by atoms with Crippen molar-refractivity contribution in [2.75, 3.05) is 26.2 Å². The van der Waals surface area contributed by atoms with E-state index in [1.807, 2.05) is 11.8 Å². The van der Waals surface area contributed by atoms with Gasteiger partial charge in [-0.2, -0.15) is 10.2 Å². The zero-order valence-electron chi connectivity index (χ0n) is 19.0. The Balaban J connectivity index is 0.000000913. The maximum atomic E-state index is 12.7. The summed E-state index contributed by atoms with van der Waals surface area (Å²) in [5.74, 6) is 1.83. The third-order valence-electron chi connectivity index (χ3n) is 5.86. The van der Waals surface area contributed by atoms with Crippen LogP contribution in [0, 0.1) is 6.92 Å². The van der Waals surface area contributed by atoms with Crippen molar-refractivity contribution in [1.82, 2.24) is 40.1 Å². The van der Waals surface area contributed by atoms with Crippen LogP contribution in [0.3, 0.4) is 0 Å². The maximum Gasteiger partial charge on any atom is 0.317 e. The number of carbonyl (C=O) groups excluding carboxylic acids is 1. The maximum absolute atomic E-state index is 12.7. The molecule has 1 saturated heterocycles. The first-order valence-electron chi connectivity index (χ1n) is 11.3. The molecule has 4 heterocycles. The Morgan fingerprint density at radius 1 is 1.38 bits per heavy atom. The normalized spacial score (nSPS) is 18.4.